The highest BCUT2D eigenvalue weighted by atomic mass is 79.9. The van der Waals surface area contributed by atoms with Crippen LogP contribution in [0.1, 0.15) is 39.3 Å². The molecule has 1 amide bonds. The first-order valence-corrected chi connectivity index (χ1v) is 7.92. The number of carbonyl (C=O) groups is 1. The third kappa shape index (κ3) is 6.48. The molecular weight excluding hydrogens is 332 g/mol. The highest BCUT2D eigenvalue weighted by Crippen LogP contribution is 2.22. The molecule has 5 heteroatoms. The smallest absolute Gasteiger partial charge is 0.410 e. The van der Waals surface area contributed by atoms with Gasteiger partial charge in [-0.3, -0.25) is 0 Å². The number of amides is 1. The van der Waals surface area contributed by atoms with Crippen molar-refractivity contribution in [1.29, 1.82) is 0 Å². The standard InChI is InChI=1S/C16H25BrN2O2/c1-12(13-8-6-7-9-14(13)17)18-10-11-19(5)15(20)21-16(2,3)4/h6-9,12,18H,10-11H2,1-5H3. The molecule has 1 N–H and O–H groups in total. The normalized spacial score (nSPS) is 12.9. The van der Waals surface area contributed by atoms with Crippen LogP contribution in [0.5, 0.6) is 0 Å². The zero-order chi connectivity index (χ0) is 16.0. The van der Waals surface area contributed by atoms with Gasteiger partial charge >= 0.3 is 6.09 Å². The summed E-state index contributed by atoms with van der Waals surface area (Å²) in [6, 6.07) is 8.34. The van der Waals surface area contributed by atoms with Crippen molar-refractivity contribution in [3.05, 3.63) is 34.3 Å². The molecule has 0 radical (unpaired) electrons. The van der Waals surface area contributed by atoms with E-state index >= 15 is 0 Å². The number of ether oxygens (including phenoxy) is 1. The number of benzene rings is 1. The van der Waals surface area contributed by atoms with Crippen molar-refractivity contribution in [3.63, 3.8) is 0 Å². The van der Waals surface area contributed by atoms with Gasteiger partial charge in [-0.25, -0.2) is 4.79 Å². The first kappa shape index (κ1) is 18.0. The van der Waals surface area contributed by atoms with Gasteiger partial charge < -0.3 is 15.0 Å². The maximum atomic E-state index is 11.8. The topological polar surface area (TPSA) is 41.6 Å². The molecule has 1 aromatic carbocycles. The van der Waals surface area contributed by atoms with Crippen molar-refractivity contribution < 1.29 is 9.53 Å². The maximum absolute atomic E-state index is 11.8. The van der Waals surface area contributed by atoms with E-state index < -0.39 is 5.60 Å². The van der Waals surface area contributed by atoms with Gasteiger partial charge in [-0.2, -0.15) is 0 Å². The molecule has 0 aliphatic carbocycles. The summed E-state index contributed by atoms with van der Waals surface area (Å²) in [6.07, 6.45) is -0.294. The molecule has 0 saturated carbocycles. The lowest BCUT2D eigenvalue weighted by Gasteiger charge is -2.25. The SMILES string of the molecule is CC(NCCN(C)C(=O)OC(C)(C)C)c1ccccc1Br. The van der Waals surface area contributed by atoms with E-state index in [1.807, 2.05) is 39.0 Å². The molecule has 0 bridgehead atoms. The average Bonchev–Trinajstić information content (AvgIpc) is 2.36. The minimum Gasteiger partial charge on any atom is -0.444 e. The lowest BCUT2D eigenvalue weighted by atomic mass is 10.1. The molecule has 1 aromatic rings. The molecule has 1 rings (SSSR count). The summed E-state index contributed by atoms with van der Waals surface area (Å²) in [6.45, 7) is 9.01. The third-order valence-electron chi connectivity index (χ3n) is 2.97. The van der Waals surface area contributed by atoms with Crippen molar-refractivity contribution in [3.8, 4) is 0 Å². The number of hydrogen-bond acceptors (Lipinski definition) is 3. The van der Waals surface area contributed by atoms with Crippen molar-refractivity contribution in [2.75, 3.05) is 20.1 Å². The fourth-order valence-electron chi connectivity index (χ4n) is 1.82. The summed E-state index contributed by atoms with van der Waals surface area (Å²) in [5, 5.41) is 3.41. The minimum atomic E-state index is -0.457. The number of nitrogens with one attached hydrogen (secondary N) is 1. The van der Waals surface area contributed by atoms with Crippen LogP contribution in [-0.2, 0) is 4.74 Å². The fourth-order valence-corrected chi connectivity index (χ4v) is 2.44. The van der Waals surface area contributed by atoms with E-state index in [9.17, 15) is 4.79 Å². The van der Waals surface area contributed by atoms with Gasteiger partial charge in [0.25, 0.3) is 0 Å². The van der Waals surface area contributed by atoms with Gasteiger partial charge in [-0.15, -0.1) is 0 Å². The van der Waals surface area contributed by atoms with Crippen LogP contribution in [0.4, 0.5) is 4.79 Å². The molecule has 1 atom stereocenters. The quantitative estimate of drug-likeness (QED) is 0.867. The molecule has 0 saturated heterocycles. The lowest BCUT2D eigenvalue weighted by molar-refractivity contribution is 0.0299. The van der Waals surface area contributed by atoms with E-state index in [2.05, 4.69) is 34.2 Å². The Morgan fingerprint density at radius 3 is 2.57 bits per heavy atom. The van der Waals surface area contributed by atoms with Crippen molar-refractivity contribution in [1.82, 2.24) is 10.2 Å². The molecule has 0 aliphatic rings. The van der Waals surface area contributed by atoms with Crippen LogP contribution in [-0.4, -0.2) is 36.7 Å². The summed E-state index contributed by atoms with van der Waals surface area (Å²) >= 11 is 3.55. The monoisotopic (exact) mass is 356 g/mol. The second-order valence-corrected chi connectivity index (χ2v) is 6.95. The Bertz CT molecular complexity index is 472. The third-order valence-corrected chi connectivity index (χ3v) is 3.70. The highest BCUT2D eigenvalue weighted by molar-refractivity contribution is 9.10. The number of halogens is 1. The van der Waals surface area contributed by atoms with Gasteiger partial charge in [-0.1, -0.05) is 34.1 Å². The van der Waals surface area contributed by atoms with Crippen LogP contribution in [0.25, 0.3) is 0 Å². The maximum Gasteiger partial charge on any atom is 0.410 e. The molecule has 0 aliphatic heterocycles. The van der Waals surface area contributed by atoms with Gasteiger partial charge in [0.15, 0.2) is 0 Å². The fraction of sp³-hybridized carbons (Fsp3) is 0.562. The summed E-state index contributed by atoms with van der Waals surface area (Å²) in [4.78, 5) is 13.4. The van der Waals surface area contributed by atoms with Crippen LogP contribution >= 0.6 is 15.9 Å². The van der Waals surface area contributed by atoms with E-state index in [1.165, 1.54) is 5.56 Å². The Morgan fingerprint density at radius 1 is 1.38 bits per heavy atom. The molecule has 0 spiro atoms. The number of likely N-dealkylation sites (N-methyl/N-ethyl adjacent to an activating group) is 1. The van der Waals surface area contributed by atoms with Crippen molar-refractivity contribution in [2.45, 2.75) is 39.3 Å². The van der Waals surface area contributed by atoms with E-state index in [-0.39, 0.29) is 12.1 Å². The zero-order valence-corrected chi connectivity index (χ0v) is 15.0. The summed E-state index contributed by atoms with van der Waals surface area (Å²) in [5.41, 5.74) is 0.749. The molecule has 1 unspecified atom stereocenters. The van der Waals surface area contributed by atoms with Crippen LogP contribution in [0, 0.1) is 0 Å². The zero-order valence-electron chi connectivity index (χ0n) is 13.4. The van der Waals surface area contributed by atoms with Crippen LogP contribution in [0.2, 0.25) is 0 Å². The summed E-state index contributed by atoms with van der Waals surface area (Å²) < 4.78 is 6.40. The number of hydrogen-bond donors (Lipinski definition) is 1. The molecule has 4 nitrogen and oxygen atoms in total. The Morgan fingerprint density at radius 2 is 2.00 bits per heavy atom. The van der Waals surface area contributed by atoms with E-state index in [4.69, 9.17) is 4.74 Å². The first-order chi connectivity index (χ1) is 9.70. The Balaban J connectivity index is 2.40. The number of carbonyl (C=O) groups excluding carboxylic acids is 1. The van der Waals surface area contributed by atoms with E-state index in [0.717, 1.165) is 4.47 Å². The van der Waals surface area contributed by atoms with Gasteiger partial charge in [0.2, 0.25) is 0 Å². The first-order valence-electron chi connectivity index (χ1n) is 7.12. The molecule has 118 valence electrons. The van der Waals surface area contributed by atoms with Crippen LogP contribution in [0.3, 0.4) is 0 Å². The second kappa shape index (κ2) is 7.80. The van der Waals surface area contributed by atoms with Gasteiger partial charge in [0.05, 0.1) is 0 Å². The molecule has 0 aromatic heterocycles. The Hall–Kier alpha value is -1.07. The summed E-state index contributed by atoms with van der Waals surface area (Å²) in [7, 11) is 1.75. The number of rotatable bonds is 5. The second-order valence-electron chi connectivity index (χ2n) is 6.10. The Kier molecular flexibility index (Phi) is 6.68. The van der Waals surface area contributed by atoms with Gasteiger partial charge in [0, 0.05) is 30.7 Å². The molecule has 0 heterocycles. The van der Waals surface area contributed by atoms with Gasteiger partial charge in [0.1, 0.15) is 5.60 Å². The lowest BCUT2D eigenvalue weighted by Crippen LogP contribution is -2.38. The van der Waals surface area contributed by atoms with Crippen molar-refractivity contribution >= 4 is 22.0 Å². The largest absolute Gasteiger partial charge is 0.444 e. The minimum absolute atomic E-state index is 0.215. The van der Waals surface area contributed by atoms with Crippen molar-refractivity contribution in [2.24, 2.45) is 0 Å². The summed E-state index contributed by atoms with van der Waals surface area (Å²) in [5.74, 6) is 0. The predicted molar refractivity (Wildman–Crippen MR) is 89.4 cm³/mol. The van der Waals surface area contributed by atoms with Crippen LogP contribution < -0.4 is 5.32 Å². The average molecular weight is 357 g/mol. The van der Waals surface area contributed by atoms with Gasteiger partial charge in [-0.05, 0) is 39.3 Å². The molecule has 0 fully saturated rings. The Labute approximate surface area is 136 Å². The molecular formula is C16H25BrN2O2. The number of nitrogens with zero attached hydrogens (tertiary/aromatic N) is 1. The van der Waals surface area contributed by atoms with E-state index in [1.54, 1.807) is 11.9 Å². The highest BCUT2D eigenvalue weighted by Gasteiger charge is 2.19. The molecule has 21 heavy (non-hydrogen) atoms. The predicted octanol–water partition coefficient (Wildman–Crippen LogP) is 3.97. The van der Waals surface area contributed by atoms with E-state index in [0.29, 0.717) is 13.1 Å². The van der Waals surface area contributed by atoms with Crippen LogP contribution in [0.15, 0.2) is 28.7 Å².